The lowest BCUT2D eigenvalue weighted by atomic mass is 10.0. The summed E-state index contributed by atoms with van der Waals surface area (Å²) < 4.78 is 5.76. The molecule has 1 saturated heterocycles. The molecule has 1 aliphatic rings. The van der Waals surface area contributed by atoms with E-state index in [0.717, 1.165) is 38.2 Å². The molecule has 0 bridgehead atoms. The first-order chi connectivity index (χ1) is 16.7. The highest BCUT2D eigenvalue weighted by Gasteiger charge is 2.19. The topological polar surface area (TPSA) is 77.4 Å². The number of nitrogens with zero attached hydrogens (tertiary/aromatic N) is 2. The van der Waals surface area contributed by atoms with Crippen molar-refractivity contribution in [1.82, 2.24) is 10.2 Å². The smallest absolute Gasteiger partial charge is 0.267 e. The Kier molecular flexibility index (Phi) is 7.94. The Morgan fingerprint density at radius 3 is 2.21 bits per heavy atom. The Balaban J connectivity index is 1.25. The minimum absolute atomic E-state index is 0.0522. The summed E-state index contributed by atoms with van der Waals surface area (Å²) in [5.74, 6) is 0.972. The van der Waals surface area contributed by atoms with Crippen LogP contribution in [0.5, 0.6) is 11.5 Å². The molecule has 1 heterocycles. The van der Waals surface area contributed by atoms with E-state index in [2.05, 4.69) is 39.8 Å². The zero-order chi connectivity index (χ0) is 23.6. The Hall–Kier alpha value is -4.08. The average Bonchev–Trinajstić information content (AvgIpc) is 2.88. The Labute approximate surface area is 200 Å². The second kappa shape index (κ2) is 11.7. The Morgan fingerprint density at radius 2 is 1.56 bits per heavy atom. The molecule has 0 aliphatic carbocycles. The third kappa shape index (κ3) is 6.71. The van der Waals surface area contributed by atoms with Crippen LogP contribution >= 0.6 is 0 Å². The molecule has 6 nitrogen and oxygen atoms in total. The molecule has 2 N–H and O–H groups in total. The van der Waals surface area contributed by atoms with Gasteiger partial charge >= 0.3 is 0 Å². The minimum atomic E-state index is -0.437. The van der Waals surface area contributed by atoms with Gasteiger partial charge in [-0.15, -0.1) is 0 Å². The van der Waals surface area contributed by atoms with Crippen molar-refractivity contribution in [2.45, 2.75) is 25.4 Å². The number of nitriles is 1. The monoisotopic (exact) mass is 452 g/mol. The fourth-order valence-corrected chi connectivity index (χ4v) is 3.88. The molecule has 1 amide bonds. The van der Waals surface area contributed by atoms with Gasteiger partial charge in [-0.2, -0.15) is 5.26 Å². The fraction of sp³-hybridized carbons (Fsp3) is 0.214. The quantitative estimate of drug-likeness (QED) is 0.368. The largest absolute Gasteiger partial charge is 0.457 e. The third-order valence-corrected chi connectivity index (χ3v) is 5.76. The van der Waals surface area contributed by atoms with Crippen molar-refractivity contribution in [3.8, 4) is 17.6 Å². The normalized spacial score (nSPS) is 14.7. The molecule has 34 heavy (non-hydrogen) atoms. The number of carbonyl (C=O) groups excluding carboxylic acids is 1. The minimum Gasteiger partial charge on any atom is -0.457 e. The van der Waals surface area contributed by atoms with Crippen molar-refractivity contribution in [1.29, 1.82) is 5.26 Å². The lowest BCUT2D eigenvalue weighted by Gasteiger charge is -2.32. The first-order valence-electron chi connectivity index (χ1n) is 11.5. The van der Waals surface area contributed by atoms with Gasteiger partial charge in [0.1, 0.15) is 23.1 Å². The van der Waals surface area contributed by atoms with Gasteiger partial charge in [0.05, 0.1) is 0 Å². The van der Waals surface area contributed by atoms with Crippen LogP contribution in [0.1, 0.15) is 18.4 Å². The number of ether oxygens (including phenoxy) is 1. The maximum absolute atomic E-state index is 12.6. The number of para-hydroxylation sites is 1. The van der Waals surface area contributed by atoms with Gasteiger partial charge in [0, 0.05) is 37.6 Å². The number of piperidine rings is 1. The summed E-state index contributed by atoms with van der Waals surface area (Å²) in [5, 5.41) is 15.5. The van der Waals surface area contributed by atoms with Crippen LogP contribution < -0.4 is 15.4 Å². The molecule has 0 radical (unpaired) electrons. The van der Waals surface area contributed by atoms with Crippen LogP contribution in [0.3, 0.4) is 0 Å². The second-order valence-corrected chi connectivity index (χ2v) is 8.27. The third-order valence-electron chi connectivity index (χ3n) is 5.76. The van der Waals surface area contributed by atoms with E-state index in [0.29, 0.717) is 11.4 Å². The molecule has 0 atom stereocenters. The van der Waals surface area contributed by atoms with Crippen LogP contribution in [-0.2, 0) is 11.3 Å². The molecule has 0 spiro atoms. The number of rotatable bonds is 8. The standard InChI is InChI=1S/C28H28N4O2/c29-19-23(20-30-24-15-17-32(18-16-24)21-22-7-3-1-4-8-22)28(33)31-25-11-13-27(14-12-25)34-26-9-5-2-6-10-26/h1-14,20,24,30H,15-18,21H2,(H,31,33)/b23-20-. The molecule has 1 fully saturated rings. The second-order valence-electron chi connectivity index (χ2n) is 8.27. The van der Waals surface area contributed by atoms with Gasteiger partial charge in [0.2, 0.25) is 0 Å². The summed E-state index contributed by atoms with van der Waals surface area (Å²) >= 11 is 0. The van der Waals surface area contributed by atoms with Crippen molar-refractivity contribution in [3.63, 3.8) is 0 Å². The van der Waals surface area contributed by atoms with Crippen molar-refractivity contribution in [2.24, 2.45) is 0 Å². The van der Waals surface area contributed by atoms with Crippen molar-refractivity contribution in [3.05, 3.63) is 102 Å². The number of hydrogen-bond donors (Lipinski definition) is 2. The number of anilines is 1. The number of nitrogens with one attached hydrogen (secondary N) is 2. The van der Waals surface area contributed by atoms with Gasteiger partial charge < -0.3 is 15.4 Å². The van der Waals surface area contributed by atoms with E-state index in [1.807, 2.05) is 42.5 Å². The number of likely N-dealkylation sites (tertiary alicyclic amines) is 1. The van der Waals surface area contributed by atoms with E-state index in [1.54, 1.807) is 30.5 Å². The van der Waals surface area contributed by atoms with Gasteiger partial charge in [0.15, 0.2) is 0 Å². The molecule has 1 aliphatic heterocycles. The van der Waals surface area contributed by atoms with E-state index in [4.69, 9.17) is 4.74 Å². The Morgan fingerprint density at radius 1 is 0.941 bits per heavy atom. The molecular formula is C28H28N4O2. The number of benzene rings is 3. The maximum atomic E-state index is 12.6. The molecule has 3 aromatic carbocycles. The van der Waals surface area contributed by atoms with E-state index in [9.17, 15) is 10.1 Å². The average molecular weight is 453 g/mol. The number of amides is 1. The summed E-state index contributed by atoms with van der Waals surface area (Å²) in [5.41, 5.74) is 1.97. The molecule has 172 valence electrons. The SMILES string of the molecule is N#C/C(=C/NC1CCN(Cc2ccccc2)CC1)C(=O)Nc1ccc(Oc2ccccc2)cc1. The van der Waals surface area contributed by atoms with E-state index >= 15 is 0 Å². The fourth-order valence-electron chi connectivity index (χ4n) is 3.88. The zero-order valence-corrected chi connectivity index (χ0v) is 19.0. The first kappa shape index (κ1) is 23.1. The lowest BCUT2D eigenvalue weighted by molar-refractivity contribution is -0.112. The summed E-state index contributed by atoms with van der Waals surface area (Å²) in [6, 6.07) is 29.2. The molecule has 0 aromatic heterocycles. The van der Waals surface area contributed by atoms with Gasteiger partial charge in [-0.25, -0.2) is 0 Å². The van der Waals surface area contributed by atoms with Crippen molar-refractivity contribution >= 4 is 11.6 Å². The number of hydrogen-bond acceptors (Lipinski definition) is 5. The van der Waals surface area contributed by atoms with Crippen LogP contribution in [0, 0.1) is 11.3 Å². The highest BCUT2D eigenvalue weighted by Crippen LogP contribution is 2.23. The van der Waals surface area contributed by atoms with E-state index in [1.165, 1.54) is 5.56 Å². The van der Waals surface area contributed by atoms with Crippen LogP contribution in [-0.4, -0.2) is 29.9 Å². The van der Waals surface area contributed by atoms with Crippen LogP contribution in [0.25, 0.3) is 0 Å². The molecule has 6 heteroatoms. The molecule has 3 aromatic rings. The van der Waals surface area contributed by atoms with Gasteiger partial charge in [-0.05, 0) is 54.8 Å². The van der Waals surface area contributed by atoms with Crippen LogP contribution in [0.2, 0.25) is 0 Å². The van der Waals surface area contributed by atoms with Crippen molar-refractivity contribution < 1.29 is 9.53 Å². The summed E-state index contributed by atoms with van der Waals surface area (Å²) in [7, 11) is 0. The predicted molar refractivity (Wildman–Crippen MR) is 133 cm³/mol. The predicted octanol–water partition coefficient (Wildman–Crippen LogP) is 5.08. The molecule has 0 unspecified atom stereocenters. The van der Waals surface area contributed by atoms with E-state index in [-0.39, 0.29) is 11.6 Å². The van der Waals surface area contributed by atoms with Crippen LogP contribution in [0.4, 0.5) is 5.69 Å². The lowest BCUT2D eigenvalue weighted by Crippen LogP contribution is -2.40. The highest BCUT2D eigenvalue weighted by atomic mass is 16.5. The zero-order valence-electron chi connectivity index (χ0n) is 19.0. The number of carbonyl (C=O) groups is 1. The van der Waals surface area contributed by atoms with Gasteiger partial charge in [-0.3, -0.25) is 9.69 Å². The first-order valence-corrected chi connectivity index (χ1v) is 11.5. The van der Waals surface area contributed by atoms with Gasteiger partial charge in [-0.1, -0.05) is 48.5 Å². The highest BCUT2D eigenvalue weighted by molar-refractivity contribution is 6.06. The summed E-state index contributed by atoms with van der Waals surface area (Å²) in [6.45, 7) is 2.90. The van der Waals surface area contributed by atoms with E-state index < -0.39 is 5.91 Å². The van der Waals surface area contributed by atoms with Crippen molar-refractivity contribution in [2.75, 3.05) is 18.4 Å². The summed E-state index contributed by atoms with van der Waals surface area (Å²) in [6.07, 6.45) is 3.47. The Bertz CT molecular complexity index is 1130. The van der Waals surface area contributed by atoms with Crippen LogP contribution in [0.15, 0.2) is 96.7 Å². The molecule has 0 saturated carbocycles. The molecular weight excluding hydrogens is 424 g/mol. The maximum Gasteiger partial charge on any atom is 0.267 e. The van der Waals surface area contributed by atoms with Gasteiger partial charge in [0.25, 0.3) is 5.91 Å². The summed E-state index contributed by atoms with van der Waals surface area (Å²) in [4.78, 5) is 15.0. The molecule has 4 rings (SSSR count).